The fraction of sp³-hybridized carbons (Fsp3) is 0.188. The smallest absolute Gasteiger partial charge is 0.268 e. The molecule has 118 valence electrons. The lowest BCUT2D eigenvalue weighted by molar-refractivity contribution is 0.103. The van der Waals surface area contributed by atoms with Gasteiger partial charge in [-0.3, -0.25) is 9.59 Å². The van der Waals surface area contributed by atoms with Crippen molar-refractivity contribution in [2.75, 3.05) is 13.7 Å². The molecule has 0 aliphatic heterocycles. The molecule has 0 atom stereocenters. The van der Waals surface area contributed by atoms with E-state index in [1.165, 1.54) is 42.1 Å². The Balaban J connectivity index is 2.54. The topological polar surface area (TPSA) is 92.3 Å². The Morgan fingerprint density at radius 3 is 2.83 bits per heavy atom. The van der Waals surface area contributed by atoms with Crippen LogP contribution in [0.1, 0.15) is 21.5 Å². The number of carbonyl (C=O) groups is 1. The number of aromatic nitrogens is 1. The molecular formula is C16H13ClN2O4. The van der Waals surface area contributed by atoms with Gasteiger partial charge in [0.25, 0.3) is 5.56 Å². The largest absolute Gasteiger partial charge is 0.507 e. The minimum atomic E-state index is -0.535. The number of rotatable bonds is 5. The molecule has 0 amide bonds. The van der Waals surface area contributed by atoms with Gasteiger partial charge in [-0.2, -0.15) is 5.26 Å². The van der Waals surface area contributed by atoms with Crippen molar-refractivity contribution < 1.29 is 14.6 Å². The molecule has 2 rings (SSSR count). The number of ether oxygens (including phenoxy) is 1. The maximum atomic E-state index is 12.6. The fourth-order valence-corrected chi connectivity index (χ4v) is 2.21. The minimum Gasteiger partial charge on any atom is -0.507 e. The van der Waals surface area contributed by atoms with Gasteiger partial charge in [-0.15, -0.1) is 0 Å². The van der Waals surface area contributed by atoms with Crippen molar-refractivity contribution in [3.8, 4) is 11.8 Å². The van der Waals surface area contributed by atoms with Crippen LogP contribution in [-0.2, 0) is 11.3 Å². The Bertz CT molecular complexity index is 852. The molecule has 0 aliphatic rings. The quantitative estimate of drug-likeness (QED) is 0.845. The molecule has 0 unspecified atom stereocenters. The summed E-state index contributed by atoms with van der Waals surface area (Å²) in [5, 5.41) is 19.2. The van der Waals surface area contributed by atoms with E-state index in [-0.39, 0.29) is 35.6 Å². The van der Waals surface area contributed by atoms with Crippen LogP contribution in [0, 0.1) is 11.3 Å². The Labute approximate surface area is 137 Å². The number of carbonyl (C=O) groups excluding carboxylic acids is 1. The molecule has 23 heavy (non-hydrogen) atoms. The molecule has 0 fully saturated rings. The molecule has 1 aromatic heterocycles. The molecule has 1 aromatic carbocycles. The van der Waals surface area contributed by atoms with E-state index in [1.807, 2.05) is 0 Å². The Kier molecular flexibility index (Phi) is 5.16. The van der Waals surface area contributed by atoms with E-state index in [1.54, 1.807) is 6.07 Å². The van der Waals surface area contributed by atoms with Gasteiger partial charge in [0.05, 0.1) is 12.2 Å². The molecule has 2 aromatic rings. The van der Waals surface area contributed by atoms with Gasteiger partial charge < -0.3 is 14.4 Å². The number of phenols is 1. The fourth-order valence-electron chi connectivity index (χ4n) is 2.04. The molecular weight excluding hydrogens is 320 g/mol. The zero-order valence-electron chi connectivity index (χ0n) is 12.2. The summed E-state index contributed by atoms with van der Waals surface area (Å²) in [4.78, 5) is 24.6. The van der Waals surface area contributed by atoms with Crippen molar-refractivity contribution in [2.45, 2.75) is 6.54 Å². The lowest BCUT2D eigenvalue weighted by Crippen LogP contribution is -2.25. The highest BCUT2D eigenvalue weighted by Gasteiger charge is 2.17. The van der Waals surface area contributed by atoms with Crippen LogP contribution in [0.15, 0.2) is 35.3 Å². The van der Waals surface area contributed by atoms with Crippen molar-refractivity contribution in [1.29, 1.82) is 5.26 Å². The van der Waals surface area contributed by atoms with E-state index in [0.29, 0.717) is 5.02 Å². The lowest BCUT2D eigenvalue weighted by atomic mass is 10.0. The third-order valence-electron chi connectivity index (χ3n) is 3.21. The molecule has 0 saturated carbocycles. The summed E-state index contributed by atoms with van der Waals surface area (Å²) in [6.45, 7) is 0.456. The van der Waals surface area contributed by atoms with Crippen LogP contribution in [0.2, 0.25) is 5.02 Å². The summed E-state index contributed by atoms with van der Waals surface area (Å²) in [5.41, 5.74) is -0.557. The predicted molar refractivity (Wildman–Crippen MR) is 83.8 cm³/mol. The van der Waals surface area contributed by atoms with Crippen molar-refractivity contribution in [2.24, 2.45) is 0 Å². The van der Waals surface area contributed by atoms with Gasteiger partial charge >= 0.3 is 0 Å². The number of benzene rings is 1. The number of ketones is 1. The molecule has 0 aliphatic carbocycles. The first-order valence-corrected chi connectivity index (χ1v) is 7.02. The number of halogens is 1. The maximum absolute atomic E-state index is 12.6. The van der Waals surface area contributed by atoms with E-state index in [2.05, 4.69) is 0 Å². The zero-order chi connectivity index (χ0) is 17.0. The number of hydrogen-bond acceptors (Lipinski definition) is 5. The van der Waals surface area contributed by atoms with Crippen LogP contribution in [-0.4, -0.2) is 29.2 Å². The number of pyridine rings is 1. The van der Waals surface area contributed by atoms with E-state index >= 15 is 0 Å². The molecule has 0 saturated heterocycles. The molecule has 1 N–H and O–H groups in total. The molecule has 0 spiro atoms. The third kappa shape index (κ3) is 3.59. The molecule has 7 heteroatoms. The molecule has 1 heterocycles. The second-order valence-corrected chi connectivity index (χ2v) is 5.17. The van der Waals surface area contributed by atoms with Crippen molar-refractivity contribution in [3.63, 3.8) is 0 Å². The highest BCUT2D eigenvalue weighted by molar-refractivity contribution is 6.31. The predicted octanol–water partition coefficient (Wildman–Crippen LogP) is 1.96. The number of nitrogens with zero attached hydrogens (tertiary/aromatic N) is 2. The van der Waals surface area contributed by atoms with Crippen molar-refractivity contribution in [3.05, 3.63) is 62.5 Å². The number of aromatic hydroxyl groups is 1. The Morgan fingerprint density at radius 1 is 1.43 bits per heavy atom. The van der Waals surface area contributed by atoms with Gasteiger partial charge in [-0.05, 0) is 24.3 Å². The van der Waals surface area contributed by atoms with Gasteiger partial charge in [0.1, 0.15) is 17.4 Å². The van der Waals surface area contributed by atoms with Crippen LogP contribution in [0.25, 0.3) is 0 Å². The summed E-state index contributed by atoms with van der Waals surface area (Å²) in [6, 6.07) is 7.06. The van der Waals surface area contributed by atoms with Crippen LogP contribution < -0.4 is 5.56 Å². The minimum absolute atomic E-state index is 0.00155. The normalized spacial score (nSPS) is 10.3. The Morgan fingerprint density at radius 2 is 2.17 bits per heavy atom. The van der Waals surface area contributed by atoms with Gasteiger partial charge in [-0.1, -0.05) is 11.6 Å². The first-order valence-electron chi connectivity index (χ1n) is 6.64. The van der Waals surface area contributed by atoms with Gasteiger partial charge in [0.15, 0.2) is 5.78 Å². The zero-order valence-corrected chi connectivity index (χ0v) is 13.0. The summed E-state index contributed by atoms with van der Waals surface area (Å²) in [5.74, 6) is -0.764. The number of hydrogen-bond donors (Lipinski definition) is 1. The number of methoxy groups -OCH3 is 1. The maximum Gasteiger partial charge on any atom is 0.268 e. The third-order valence-corrected chi connectivity index (χ3v) is 3.44. The molecule has 0 radical (unpaired) electrons. The summed E-state index contributed by atoms with van der Waals surface area (Å²) >= 11 is 5.84. The van der Waals surface area contributed by atoms with E-state index in [4.69, 9.17) is 21.6 Å². The van der Waals surface area contributed by atoms with Crippen LogP contribution in [0.4, 0.5) is 0 Å². The Hall–Kier alpha value is -2.62. The highest BCUT2D eigenvalue weighted by Crippen LogP contribution is 2.24. The first-order chi connectivity index (χ1) is 11.0. The molecule has 6 nitrogen and oxygen atoms in total. The average molecular weight is 333 g/mol. The summed E-state index contributed by atoms with van der Waals surface area (Å²) in [7, 11) is 1.48. The van der Waals surface area contributed by atoms with Gasteiger partial charge in [-0.25, -0.2) is 0 Å². The lowest BCUT2D eigenvalue weighted by Gasteiger charge is -2.09. The highest BCUT2D eigenvalue weighted by atomic mass is 35.5. The second-order valence-electron chi connectivity index (χ2n) is 4.74. The van der Waals surface area contributed by atoms with Crippen LogP contribution in [0.3, 0.4) is 0 Å². The number of nitriles is 1. The van der Waals surface area contributed by atoms with E-state index in [9.17, 15) is 14.7 Å². The van der Waals surface area contributed by atoms with E-state index in [0.717, 1.165) is 0 Å². The number of phenolic OH excluding ortho intramolecular Hbond substituents is 1. The van der Waals surface area contributed by atoms with Crippen molar-refractivity contribution in [1.82, 2.24) is 4.57 Å². The summed E-state index contributed by atoms with van der Waals surface area (Å²) < 4.78 is 6.14. The second kappa shape index (κ2) is 7.09. The van der Waals surface area contributed by atoms with Crippen LogP contribution >= 0.6 is 11.6 Å². The standard InChI is InChI=1S/C16H13ClN2O4/c1-23-5-4-19-9-11(6-10(8-18)16(19)22)15(21)13-7-12(17)2-3-14(13)20/h2-3,6-7,9,20H,4-5H2,1H3. The van der Waals surface area contributed by atoms with Crippen LogP contribution in [0.5, 0.6) is 5.75 Å². The van der Waals surface area contributed by atoms with E-state index < -0.39 is 11.3 Å². The monoisotopic (exact) mass is 332 g/mol. The molecule has 0 bridgehead atoms. The SMILES string of the molecule is COCCn1cc(C(=O)c2cc(Cl)ccc2O)cc(C#N)c1=O. The average Bonchev–Trinajstić information content (AvgIpc) is 2.55. The summed E-state index contributed by atoms with van der Waals surface area (Å²) in [6.07, 6.45) is 1.34. The van der Waals surface area contributed by atoms with Gasteiger partial charge in [0.2, 0.25) is 0 Å². The van der Waals surface area contributed by atoms with Crippen molar-refractivity contribution >= 4 is 17.4 Å². The van der Waals surface area contributed by atoms with Gasteiger partial charge in [0, 0.05) is 30.4 Å². The first kappa shape index (κ1) is 16.7.